The highest BCUT2D eigenvalue weighted by Gasteiger charge is 2.24. The minimum atomic E-state index is 0.820. The Morgan fingerprint density at radius 3 is 2.24 bits per heavy atom. The van der Waals surface area contributed by atoms with Crippen LogP contribution in [0.1, 0.15) is 80.8 Å². The molecule has 2 aliphatic carbocycles. The Bertz CT molecular complexity index is 354. The van der Waals surface area contributed by atoms with Crippen molar-refractivity contribution in [3.63, 3.8) is 0 Å². The maximum Gasteiger partial charge on any atom is -0.0143 e. The lowest BCUT2D eigenvalue weighted by molar-refractivity contribution is 0.439. The summed E-state index contributed by atoms with van der Waals surface area (Å²) in [7, 11) is 0. The van der Waals surface area contributed by atoms with Crippen molar-refractivity contribution in [2.24, 2.45) is 0 Å². The van der Waals surface area contributed by atoms with Gasteiger partial charge in [-0.05, 0) is 54.7 Å². The van der Waals surface area contributed by atoms with E-state index in [1.54, 1.807) is 11.1 Å². The average molecular weight is 227 g/mol. The summed E-state index contributed by atoms with van der Waals surface area (Å²) in [6, 6.07) is 10.3. The topological polar surface area (TPSA) is 0 Å². The number of benzene rings is 1. The molecule has 0 spiro atoms. The Hall–Kier alpha value is -0.780. The summed E-state index contributed by atoms with van der Waals surface area (Å²) in [6.07, 6.45) is 12.8. The van der Waals surface area contributed by atoms with Gasteiger partial charge in [0.1, 0.15) is 0 Å². The molecule has 0 bridgehead atoms. The van der Waals surface area contributed by atoms with E-state index in [4.69, 9.17) is 0 Å². The van der Waals surface area contributed by atoms with E-state index < -0.39 is 0 Å². The second kappa shape index (κ2) is 5.25. The second-order valence-corrected chi connectivity index (χ2v) is 5.86. The normalized spacial score (nSPS) is 23.1. The van der Waals surface area contributed by atoms with Gasteiger partial charge >= 0.3 is 0 Å². The SMILES string of the molecule is [c]1cccc(C2CCCC2)c1C1CCCCC1. The Morgan fingerprint density at radius 1 is 0.824 bits per heavy atom. The van der Waals surface area contributed by atoms with Gasteiger partial charge in [-0.15, -0.1) is 0 Å². The van der Waals surface area contributed by atoms with E-state index in [-0.39, 0.29) is 0 Å². The molecule has 1 radical (unpaired) electrons. The highest BCUT2D eigenvalue weighted by molar-refractivity contribution is 5.33. The van der Waals surface area contributed by atoms with Gasteiger partial charge < -0.3 is 0 Å². The number of hydrogen-bond acceptors (Lipinski definition) is 0. The second-order valence-electron chi connectivity index (χ2n) is 5.86. The molecule has 0 heteroatoms. The molecule has 3 rings (SSSR count). The van der Waals surface area contributed by atoms with Crippen LogP contribution in [0.15, 0.2) is 18.2 Å². The first-order valence-electron chi connectivity index (χ1n) is 7.45. The molecule has 0 aromatic heterocycles. The molecule has 0 atom stereocenters. The van der Waals surface area contributed by atoms with E-state index >= 15 is 0 Å². The molecule has 0 saturated heterocycles. The smallest absolute Gasteiger partial charge is 0.0143 e. The summed E-state index contributed by atoms with van der Waals surface area (Å²) in [5.74, 6) is 1.67. The molecule has 2 saturated carbocycles. The first kappa shape index (κ1) is 11.3. The molecule has 0 N–H and O–H groups in total. The fourth-order valence-electron chi connectivity index (χ4n) is 3.80. The van der Waals surface area contributed by atoms with Crippen molar-refractivity contribution in [3.05, 3.63) is 35.4 Å². The Labute approximate surface area is 105 Å². The van der Waals surface area contributed by atoms with Gasteiger partial charge in [0.05, 0.1) is 0 Å². The number of rotatable bonds is 2. The molecule has 17 heavy (non-hydrogen) atoms. The predicted molar refractivity (Wildman–Crippen MR) is 72.3 cm³/mol. The van der Waals surface area contributed by atoms with Crippen molar-refractivity contribution in [3.8, 4) is 0 Å². The fourth-order valence-corrected chi connectivity index (χ4v) is 3.80. The largest absolute Gasteiger partial charge is 0.0613 e. The summed E-state index contributed by atoms with van der Waals surface area (Å²) in [5.41, 5.74) is 3.23. The van der Waals surface area contributed by atoms with E-state index in [0.29, 0.717) is 0 Å². The van der Waals surface area contributed by atoms with Gasteiger partial charge in [0.2, 0.25) is 0 Å². The highest BCUT2D eigenvalue weighted by atomic mass is 14.3. The molecule has 2 fully saturated rings. The van der Waals surface area contributed by atoms with Crippen LogP contribution in [0.5, 0.6) is 0 Å². The van der Waals surface area contributed by atoms with Crippen LogP contribution in [-0.2, 0) is 0 Å². The summed E-state index contributed by atoms with van der Waals surface area (Å²) < 4.78 is 0. The van der Waals surface area contributed by atoms with Crippen molar-refractivity contribution in [1.29, 1.82) is 0 Å². The maximum atomic E-state index is 3.58. The lowest BCUT2D eigenvalue weighted by Crippen LogP contribution is -2.09. The van der Waals surface area contributed by atoms with Crippen molar-refractivity contribution in [2.45, 2.75) is 69.6 Å². The minimum Gasteiger partial charge on any atom is -0.0613 e. The Morgan fingerprint density at radius 2 is 1.47 bits per heavy atom. The zero-order valence-corrected chi connectivity index (χ0v) is 10.8. The highest BCUT2D eigenvalue weighted by Crippen LogP contribution is 2.41. The third-order valence-corrected chi connectivity index (χ3v) is 4.73. The molecule has 1 aromatic carbocycles. The van der Waals surface area contributed by atoms with Gasteiger partial charge in [-0.2, -0.15) is 0 Å². The minimum absolute atomic E-state index is 0.820. The summed E-state index contributed by atoms with van der Waals surface area (Å²) in [5, 5.41) is 0. The van der Waals surface area contributed by atoms with Crippen molar-refractivity contribution < 1.29 is 0 Å². The van der Waals surface area contributed by atoms with Gasteiger partial charge in [-0.25, -0.2) is 0 Å². The van der Waals surface area contributed by atoms with E-state index in [9.17, 15) is 0 Å². The molecule has 1 aromatic rings. The van der Waals surface area contributed by atoms with Crippen LogP contribution in [0.25, 0.3) is 0 Å². The standard InChI is InChI=1S/C17H23/c1-2-8-14(9-3-1)16-12-6-7-13-17(16)15-10-4-5-11-15/h6-7,13-15H,1-5,8-11H2. The molecule has 0 aliphatic heterocycles. The van der Waals surface area contributed by atoms with Crippen LogP contribution in [0.3, 0.4) is 0 Å². The summed E-state index contributed by atoms with van der Waals surface area (Å²) >= 11 is 0. The first-order chi connectivity index (χ1) is 8.45. The van der Waals surface area contributed by atoms with Gasteiger partial charge in [-0.3, -0.25) is 0 Å². The van der Waals surface area contributed by atoms with Crippen LogP contribution in [0, 0.1) is 6.07 Å². The lowest BCUT2D eigenvalue weighted by atomic mass is 9.79. The molecule has 0 amide bonds. The summed E-state index contributed by atoms with van der Waals surface area (Å²) in [6.45, 7) is 0. The fraction of sp³-hybridized carbons (Fsp3) is 0.647. The van der Waals surface area contributed by atoms with Crippen LogP contribution in [0.2, 0.25) is 0 Å². The van der Waals surface area contributed by atoms with Crippen LogP contribution < -0.4 is 0 Å². The van der Waals surface area contributed by atoms with E-state index in [0.717, 1.165) is 11.8 Å². The lowest BCUT2D eigenvalue weighted by Gasteiger charge is -2.26. The molecular formula is C17H23. The average Bonchev–Trinajstić information content (AvgIpc) is 2.94. The molecule has 2 aliphatic rings. The van der Waals surface area contributed by atoms with Crippen LogP contribution in [0.4, 0.5) is 0 Å². The first-order valence-corrected chi connectivity index (χ1v) is 7.45. The van der Waals surface area contributed by atoms with Gasteiger partial charge in [0.25, 0.3) is 0 Å². The Balaban J connectivity index is 1.86. The molecule has 91 valence electrons. The maximum absolute atomic E-state index is 3.58. The van der Waals surface area contributed by atoms with E-state index in [1.165, 1.54) is 57.8 Å². The van der Waals surface area contributed by atoms with Crippen molar-refractivity contribution in [1.82, 2.24) is 0 Å². The molecular weight excluding hydrogens is 204 g/mol. The monoisotopic (exact) mass is 227 g/mol. The van der Waals surface area contributed by atoms with Gasteiger partial charge in [0.15, 0.2) is 0 Å². The van der Waals surface area contributed by atoms with Gasteiger partial charge in [0, 0.05) is 0 Å². The van der Waals surface area contributed by atoms with Crippen LogP contribution >= 0.6 is 0 Å². The van der Waals surface area contributed by atoms with Crippen molar-refractivity contribution in [2.75, 3.05) is 0 Å². The predicted octanol–water partition coefficient (Wildman–Crippen LogP) is 5.19. The zero-order chi connectivity index (χ0) is 11.5. The van der Waals surface area contributed by atoms with Crippen molar-refractivity contribution >= 4 is 0 Å². The zero-order valence-electron chi connectivity index (χ0n) is 10.8. The van der Waals surface area contributed by atoms with E-state index in [1.807, 2.05) is 0 Å². The molecule has 0 nitrogen and oxygen atoms in total. The number of hydrogen-bond donors (Lipinski definition) is 0. The quantitative estimate of drug-likeness (QED) is 0.652. The summed E-state index contributed by atoms with van der Waals surface area (Å²) in [4.78, 5) is 0. The third-order valence-electron chi connectivity index (χ3n) is 4.73. The molecule has 0 heterocycles. The van der Waals surface area contributed by atoms with Gasteiger partial charge in [-0.1, -0.05) is 50.3 Å². The third kappa shape index (κ3) is 2.41. The van der Waals surface area contributed by atoms with E-state index in [2.05, 4.69) is 24.3 Å². The molecule has 0 unspecified atom stereocenters. The Kier molecular flexibility index (Phi) is 3.49. The van der Waals surface area contributed by atoms with Crippen LogP contribution in [-0.4, -0.2) is 0 Å².